The van der Waals surface area contributed by atoms with Crippen LogP contribution in [0.2, 0.25) is 0 Å². The monoisotopic (exact) mass is 703 g/mol. The second-order valence-corrected chi connectivity index (χ2v) is 15.2. The van der Waals surface area contributed by atoms with E-state index in [0.717, 1.165) is 34.3 Å². The highest BCUT2D eigenvalue weighted by Crippen LogP contribution is 2.53. The average molecular weight is 704 g/mol. The van der Waals surface area contributed by atoms with Crippen LogP contribution in [0.4, 0.5) is 34.3 Å². The molecule has 1 aliphatic rings. The standard InChI is InChI=1S/C52H37N3/c1-52(2)44-22-12-11-20-39(44)40-28-26-37(33-45(40)52)54(35-15-5-3-6-16-35)47-30-25-34-24-27-43-46(55(36-17-7-4-8-18-36)48-23-13-14-32-53-48)31-29-42-38-19-9-10-21-41(38)51(47)49(34)50(42)43/h3-33H,1-2H3. The molecule has 1 aliphatic carbocycles. The normalized spacial score (nSPS) is 13.1. The highest BCUT2D eigenvalue weighted by molar-refractivity contribution is 6.37. The fourth-order valence-electron chi connectivity index (χ4n) is 9.34. The van der Waals surface area contributed by atoms with E-state index in [1.807, 2.05) is 12.3 Å². The van der Waals surface area contributed by atoms with Gasteiger partial charge >= 0.3 is 0 Å². The highest BCUT2D eigenvalue weighted by Gasteiger charge is 2.36. The minimum absolute atomic E-state index is 0.117. The summed E-state index contributed by atoms with van der Waals surface area (Å²) in [6.45, 7) is 4.72. The summed E-state index contributed by atoms with van der Waals surface area (Å²) in [7, 11) is 0. The molecule has 11 rings (SSSR count). The number of rotatable bonds is 6. The van der Waals surface area contributed by atoms with E-state index in [9.17, 15) is 0 Å². The van der Waals surface area contributed by atoms with Gasteiger partial charge in [0, 0.05) is 50.2 Å². The van der Waals surface area contributed by atoms with Crippen LogP contribution in [0.3, 0.4) is 0 Å². The molecule has 1 heterocycles. The number of nitrogens with zero attached hydrogens (tertiary/aromatic N) is 3. The van der Waals surface area contributed by atoms with Gasteiger partial charge in [0.25, 0.3) is 0 Å². The third-order valence-corrected chi connectivity index (χ3v) is 11.8. The third-order valence-electron chi connectivity index (χ3n) is 11.8. The van der Waals surface area contributed by atoms with Gasteiger partial charge in [-0.1, -0.05) is 135 Å². The molecule has 0 atom stereocenters. The zero-order chi connectivity index (χ0) is 36.7. The number of hydrogen-bond acceptors (Lipinski definition) is 3. The molecule has 0 amide bonds. The summed E-state index contributed by atoms with van der Waals surface area (Å²) in [6, 6.07) is 66.3. The molecule has 0 bridgehead atoms. The predicted molar refractivity (Wildman–Crippen MR) is 232 cm³/mol. The van der Waals surface area contributed by atoms with Gasteiger partial charge in [0.15, 0.2) is 0 Å². The molecule has 3 nitrogen and oxygen atoms in total. The van der Waals surface area contributed by atoms with Crippen molar-refractivity contribution in [3.05, 3.63) is 199 Å². The summed E-state index contributed by atoms with van der Waals surface area (Å²) in [5, 5.41) is 9.94. The Morgan fingerprint density at radius 2 is 1.02 bits per heavy atom. The lowest BCUT2D eigenvalue weighted by Crippen LogP contribution is -2.16. The van der Waals surface area contributed by atoms with Crippen molar-refractivity contribution in [2.45, 2.75) is 19.3 Å². The second-order valence-electron chi connectivity index (χ2n) is 15.2. The largest absolute Gasteiger partial charge is 0.310 e. The van der Waals surface area contributed by atoms with Crippen molar-refractivity contribution in [3.8, 4) is 11.1 Å². The zero-order valence-corrected chi connectivity index (χ0v) is 30.7. The van der Waals surface area contributed by atoms with Gasteiger partial charge in [-0.3, -0.25) is 4.90 Å². The van der Waals surface area contributed by atoms with E-state index in [1.54, 1.807) is 0 Å². The minimum Gasteiger partial charge on any atom is -0.310 e. The van der Waals surface area contributed by atoms with E-state index in [4.69, 9.17) is 4.98 Å². The minimum atomic E-state index is -0.117. The summed E-state index contributed by atoms with van der Waals surface area (Å²) in [6.07, 6.45) is 1.87. The SMILES string of the molecule is CC1(C)c2ccccc2-c2ccc(N(c3ccccc3)c3ccc4ccc5c(N(c6ccccc6)c6ccccn6)ccc6c7ccccc7c3c4c56)cc21. The van der Waals surface area contributed by atoms with Crippen LogP contribution in [0.15, 0.2) is 188 Å². The van der Waals surface area contributed by atoms with Crippen molar-refractivity contribution >= 4 is 77.3 Å². The van der Waals surface area contributed by atoms with Crippen molar-refractivity contribution in [2.24, 2.45) is 0 Å². The first-order chi connectivity index (χ1) is 27.1. The summed E-state index contributed by atoms with van der Waals surface area (Å²) < 4.78 is 0. The number of aromatic nitrogens is 1. The molecule has 0 unspecified atom stereocenters. The van der Waals surface area contributed by atoms with E-state index in [2.05, 4.69) is 200 Å². The van der Waals surface area contributed by atoms with Crippen molar-refractivity contribution in [1.29, 1.82) is 0 Å². The van der Waals surface area contributed by atoms with E-state index < -0.39 is 0 Å². The van der Waals surface area contributed by atoms with Crippen LogP contribution in [0.5, 0.6) is 0 Å². The Hall–Kier alpha value is -6.97. The van der Waals surface area contributed by atoms with Crippen molar-refractivity contribution in [3.63, 3.8) is 0 Å². The molecule has 55 heavy (non-hydrogen) atoms. The molecule has 0 N–H and O–H groups in total. The van der Waals surface area contributed by atoms with Gasteiger partial charge in [-0.2, -0.15) is 0 Å². The molecule has 0 aliphatic heterocycles. The summed E-state index contributed by atoms with van der Waals surface area (Å²) >= 11 is 0. The number of hydrogen-bond donors (Lipinski definition) is 0. The molecular formula is C52H37N3. The van der Waals surface area contributed by atoms with E-state index in [0.29, 0.717) is 0 Å². The van der Waals surface area contributed by atoms with Crippen LogP contribution in [0.1, 0.15) is 25.0 Å². The van der Waals surface area contributed by atoms with Gasteiger partial charge in [0.2, 0.25) is 0 Å². The van der Waals surface area contributed by atoms with Gasteiger partial charge in [0.05, 0.1) is 11.4 Å². The van der Waals surface area contributed by atoms with Crippen LogP contribution in [-0.2, 0) is 5.41 Å². The number of para-hydroxylation sites is 2. The Bertz CT molecular complexity index is 3020. The van der Waals surface area contributed by atoms with Crippen LogP contribution in [-0.4, -0.2) is 4.98 Å². The molecule has 0 radical (unpaired) electrons. The lowest BCUT2D eigenvalue weighted by atomic mass is 9.82. The molecule has 3 heteroatoms. The maximum atomic E-state index is 4.86. The maximum Gasteiger partial charge on any atom is 0.137 e. The molecular weight excluding hydrogens is 667 g/mol. The summed E-state index contributed by atoms with van der Waals surface area (Å²) in [4.78, 5) is 9.62. The molecule has 0 saturated carbocycles. The van der Waals surface area contributed by atoms with E-state index >= 15 is 0 Å². The van der Waals surface area contributed by atoms with Crippen molar-refractivity contribution in [1.82, 2.24) is 4.98 Å². The lowest BCUT2D eigenvalue weighted by molar-refractivity contribution is 0.660. The van der Waals surface area contributed by atoms with Gasteiger partial charge in [-0.05, 0) is 104 Å². The summed E-state index contributed by atoms with van der Waals surface area (Å²) in [5.41, 5.74) is 10.9. The fraction of sp³-hybridized carbons (Fsp3) is 0.0577. The molecule has 0 fully saturated rings. The van der Waals surface area contributed by atoms with Gasteiger partial charge in [0.1, 0.15) is 5.82 Å². The van der Waals surface area contributed by atoms with Crippen molar-refractivity contribution in [2.75, 3.05) is 9.80 Å². The molecule has 0 saturated heterocycles. The first kappa shape index (κ1) is 31.5. The first-order valence-corrected chi connectivity index (χ1v) is 19.1. The topological polar surface area (TPSA) is 19.4 Å². The Balaban J connectivity index is 1.23. The fourth-order valence-corrected chi connectivity index (χ4v) is 9.34. The van der Waals surface area contributed by atoms with Crippen LogP contribution >= 0.6 is 0 Å². The van der Waals surface area contributed by atoms with E-state index in [1.165, 1.54) is 65.3 Å². The van der Waals surface area contributed by atoms with Gasteiger partial charge < -0.3 is 4.90 Å². The quantitative estimate of drug-likeness (QED) is 0.127. The molecule has 0 spiro atoms. The molecule has 9 aromatic carbocycles. The van der Waals surface area contributed by atoms with Crippen LogP contribution in [0, 0.1) is 0 Å². The Morgan fingerprint density at radius 3 is 1.80 bits per heavy atom. The number of pyridine rings is 1. The predicted octanol–water partition coefficient (Wildman–Crippen LogP) is 14.4. The summed E-state index contributed by atoms with van der Waals surface area (Å²) in [5.74, 6) is 0.881. The van der Waals surface area contributed by atoms with Crippen LogP contribution < -0.4 is 9.80 Å². The molecule has 10 aromatic rings. The highest BCUT2D eigenvalue weighted by atomic mass is 15.2. The number of fused-ring (bicyclic) bond motifs is 6. The smallest absolute Gasteiger partial charge is 0.137 e. The average Bonchev–Trinajstić information content (AvgIpc) is 3.47. The second kappa shape index (κ2) is 12.0. The van der Waals surface area contributed by atoms with Gasteiger partial charge in [-0.25, -0.2) is 4.98 Å². The number of anilines is 6. The zero-order valence-electron chi connectivity index (χ0n) is 30.7. The maximum absolute atomic E-state index is 4.86. The number of benzene rings is 9. The van der Waals surface area contributed by atoms with Crippen LogP contribution in [0.25, 0.3) is 54.2 Å². The lowest BCUT2D eigenvalue weighted by Gasteiger charge is -2.30. The molecule has 260 valence electrons. The first-order valence-electron chi connectivity index (χ1n) is 19.1. The molecule has 1 aromatic heterocycles. The Labute approximate surface area is 320 Å². The Morgan fingerprint density at radius 1 is 0.400 bits per heavy atom. The Kier molecular flexibility index (Phi) is 6.90. The van der Waals surface area contributed by atoms with Crippen molar-refractivity contribution < 1.29 is 0 Å². The van der Waals surface area contributed by atoms with E-state index in [-0.39, 0.29) is 5.41 Å². The van der Waals surface area contributed by atoms with Gasteiger partial charge in [-0.15, -0.1) is 0 Å². The third kappa shape index (κ3) is 4.66.